The molecule has 0 bridgehead atoms. The van der Waals surface area contributed by atoms with E-state index in [-0.39, 0.29) is 5.82 Å². The molecule has 0 fully saturated rings. The number of hydrogen-bond acceptors (Lipinski definition) is 0. The minimum Gasteiger partial charge on any atom is -0.207 e. The lowest BCUT2D eigenvalue weighted by atomic mass is 10.2. The number of hydrogen-bond donors (Lipinski definition) is 0. The molecule has 0 aliphatic heterocycles. The molecule has 0 heterocycles. The van der Waals surface area contributed by atoms with Crippen molar-refractivity contribution in [3.63, 3.8) is 0 Å². The second-order valence-electron chi connectivity index (χ2n) is 1.80. The highest BCUT2D eigenvalue weighted by Gasteiger charge is 1.83. The maximum absolute atomic E-state index is 12.1. The molecule has 0 nitrogen and oxygen atoms in total. The quantitative estimate of drug-likeness (QED) is 0.539. The maximum Gasteiger partial charge on any atom is 0.123 e. The lowest BCUT2D eigenvalue weighted by Crippen LogP contribution is -1.71. The smallest absolute Gasteiger partial charge is 0.123 e. The summed E-state index contributed by atoms with van der Waals surface area (Å²) < 4.78 is 12.1. The van der Waals surface area contributed by atoms with Crippen molar-refractivity contribution in [2.24, 2.45) is 0 Å². The molecule has 0 atom stereocenters. The minimum atomic E-state index is -0.171. The van der Waals surface area contributed by atoms with E-state index >= 15 is 0 Å². The highest BCUT2D eigenvalue weighted by atomic mass is 19.1. The molecular weight excluding hydrogens is 175 g/mol. The van der Waals surface area contributed by atoms with Crippen molar-refractivity contribution in [1.29, 1.82) is 0 Å². The Labute approximate surface area is 89.2 Å². The summed E-state index contributed by atoms with van der Waals surface area (Å²) in [6, 6.07) is 6.40. The third kappa shape index (κ3) is 13.7. The first-order valence-corrected chi connectivity index (χ1v) is 5.51. The van der Waals surface area contributed by atoms with E-state index in [0.29, 0.717) is 0 Å². The van der Waals surface area contributed by atoms with E-state index in [0.717, 1.165) is 5.56 Å². The van der Waals surface area contributed by atoms with Crippen LogP contribution in [0.15, 0.2) is 24.3 Å². The fourth-order valence-corrected chi connectivity index (χ4v) is 0.533. The van der Waals surface area contributed by atoms with Crippen molar-refractivity contribution >= 4 is 0 Å². The first-order chi connectivity index (χ1) is 6.79. The summed E-state index contributed by atoms with van der Waals surface area (Å²) in [4.78, 5) is 0. The van der Waals surface area contributed by atoms with Crippen LogP contribution in [0.4, 0.5) is 4.39 Å². The van der Waals surface area contributed by atoms with Gasteiger partial charge in [0.15, 0.2) is 0 Å². The summed E-state index contributed by atoms with van der Waals surface area (Å²) in [7, 11) is 0. The first-order valence-electron chi connectivity index (χ1n) is 5.51. The van der Waals surface area contributed by atoms with Crippen LogP contribution in [0, 0.1) is 12.7 Å². The molecule has 1 heteroatoms. The lowest BCUT2D eigenvalue weighted by Gasteiger charge is -1.87. The fourth-order valence-electron chi connectivity index (χ4n) is 0.533. The molecule has 1 aromatic rings. The predicted molar refractivity (Wildman–Crippen MR) is 65.2 cm³/mol. The lowest BCUT2D eigenvalue weighted by molar-refractivity contribution is 0.627. The molecule has 1 aromatic carbocycles. The van der Waals surface area contributed by atoms with E-state index in [1.807, 2.05) is 48.5 Å². The Morgan fingerprint density at radius 2 is 1.00 bits per heavy atom. The van der Waals surface area contributed by atoms with Gasteiger partial charge in [0.25, 0.3) is 0 Å². The highest BCUT2D eigenvalue weighted by molar-refractivity contribution is 5.13. The third-order valence-electron chi connectivity index (χ3n) is 1.01. The maximum atomic E-state index is 12.1. The Kier molecular flexibility index (Phi) is 24.3. The molecule has 0 aliphatic carbocycles. The van der Waals surface area contributed by atoms with Crippen LogP contribution in [0.2, 0.25) is 0 Å². The summed E-state index contributed by atoms with van der Waals surface area (Å²) in [5, 5.41) is 0. The molecule has 0 aliphatic rings. The molecule has 0 aromatic heterocycles. The molecule has 0 unspecified atom stereocenters. The minimum absolute atomic E-state index is 0.171. The van der Waals surface area contributed by atoms with Gasteiger partial charge in [-0.2, -0.15) is 0 Å². The van der Waals surface area contributed by atoms with Gasteiger partial charge >= 0.3 is 0 Å². The summed E-state index contributed by atoms with van der Waals surface area (Å²) >= 11 is 0. The zero-order valence-electron chi connectivity index (χ0n) is 10.7. The predicted octanol–water partition coefficient (Wildman–Crippen LogP) is 5.21. The average Bonchev–Trinajstić information content (AvgIpc) is 2.31. The molecule has 84 valence electrons. The average molecular weight is 200 g/mol. The SMILES string of the molecule is CC.CC.CC.Cc1ccc(F)cc1. The van der Waals surface area contributed by atoms with Gasteiger partial charge in [-0.25, -0.2) is 4.39 Å². The Bertz CT molecular complexity index is 144. The van der Waals surface area contributed by atoms with Crippen LogP contribution in [0.1, 0.15) is 47.1 Å². The van der Waals surface area contributed by atoms with Crippen LogP contribution in [0.3, 0.4) is 0 Å². The summed E-state index contributed by atoms with van der Waals surface area (Å²) in [5.74, 6) is -0.171. The molecular formula is C13H25F. The highest BCUT2D eigenvalue weighted by Crippen LogP contribution is 1.98. The van der Waals surface area contributed by atoms with E-state index in [4.69, 9.17) is 0 Å². The van der Waals surface area contributed by atoms with Crippen molar-refractivity contribution in [2.45, 2.75) is 48.5 Å². The Balaban J connectivity index is -0.000000174. The molecule has 0 amide bonds. The molecule has 0 radical (unpaired) electrons. The Morgan fingerprint density at radius 1 is 0.714 bits per heavy atom. The van der Waals surface area contributed by atoms with Crippen LogP contribution in [-0.2, 0) is 0 Å². The fraction of sp³-hybridized carbons (Fsp3) is 0.538. The largest absolute Gasteiger partial charge is 0.207 e. The topological polar surface area (TPSA) is 0 Å². The van der Waals surface area contributed by atoms with Crippen molar-refractivity contribution in [3.05, 3.63) is 35.6 Å². The number of halogens is 1. The Hall–Kier alpha value is -0.850. The van der Waals surface area contributed by atoms with Gasteiger partial charge in [-0.15, -0.1) is 0 Å². The normalized spacial score (nSPS) is 6.57. The molecule has 0 saturated heterocycles. The van der Waals surface area contributed by atoms with Crippen LogP contribution in [0.5, 0.6) is 0 Å². The van der Waals surface area contributed by atoms with Gasteiger partial charge in [-0.05, 0) is 19.1 Å². The molecule has 1 rings (SSSR count). The van der Waals surface area contributed by atoms with Crippen molar-refractivity contribution in [3.8, 4) is 0 Å². The summed E-state index contributed by atoms with van der Waals surface area (Å²) in [6.07, 6.45) is 0. The number of rotatable bonds is 0. The van der Waals surface area contributed by atoms with Gasteiger partial charge in [0.1, 0.15) is 5.82 Å². The third-order valence-corrected chi connectivity index (χ3v) is 1.01. The molecule has 0 saturated carbocycles. The monoisotopic (exact) mass is 200 g/mol. The van der Waals surface area contributed by atoms with E-state index in [1.165, 1.54) is 12.1 Å². The van der Waals surface area contributed by atoms with Gasteiger partial charge in [-0.3, -0.25) is 0 Å². The second kappa shape index (κ2) is 18.0. The molecule has 0 N–H and O–H groups in total. The Morgan fingerprint density at radius 3 is 1.21 bits per heavy atom. The van der Waals surface area contributed by atoms with Crippen LogP contribution in [0.25, 0.3) is 0 Å². The second-order valence-corrected chi connectivity index (χ2v) is 1.80. The molecule has 14 heavy (non-hydrogen) atoms. The number of aryl methyl sites for hydroxylation is 1. The van der Waals surface area contributed by atoms with Crippen molar-refractivity contribution in [1.82, 2.24) is 0 Å². The van der Waals surface area contributed by atoms with Crippen molar-refractivity contribution < 1.29 is 4.39 Å². The van der Waals surface area contributed by atoms with E-state index in [1.54, 1.807) is 12.1 Å². The van der Waals surface area contributed by atoms with Gasteiger partial charge in [0.2, 0.25) is 0 Å². The van der Waals surface area contributed by atoms with Crippen LogP contribution < -0.4 is 0 Å². The van der Waals surface area contributed by atoms with Gasteiger partial charge in [0.05, 0.1) is 0 Å². The summed E-state index contributed by atoms with van der Waals surface area (Å²) in [6.45, 7) is 13.9. The van der Waals surface area contributed by atoms with E-state index < -0.39 is 0 Å². The van der Waals surface area contributed by atoms with E-state index in [2.05, 4.69) is 0 Å². The van der Waals surface area contributed by atoms with Crippen LogP contribution in [-0.4, -0.2) is 0 Å². The van der Waals surface area contributed by atoms with E-state index in [9.17, 15) is 4.39 Å². The van der Waals surface area contributed by atoms with Crippen LogP contribution >= 0.6 is 0 Å². The van der Waals surface area contributed by atoms with Crippen molar-refractivity contribution in [2.75, 3.05) is 0 Å². The van der Waals surface area contributed by atoms with Gasteiger partial charge < -0.3 is 0 Å². The zero-order valence-corrected chi connectivity index (χ0v) is 10.7. The van der Waals surface area contributed by atoms with Gasteiger partial charge in [0, 0.05) is 0 Å². The van der Waals surface area contributed by atoms with Gasteiger partial charge in [-0.1, -0.05) is 59.2 Å². The zero-order chi connectivity index (χ0) is 12.0. The molecule has 0 spiro atoms. The number of benzene rings is 1. The summed E-state index contributed by atoms with van der Waals surface area (Å²) in [5.41, 5.74) is 1.09. The first kappa shape index (κ1) is 18.8. The standard InChI is InChI=1S/C7H7F.3C2H6/c1-6-2-4-7(8)5-3-6;3*1-2/h2-5H,1H3;3*1-2H3.